The fourth-order valence-electron chi connectivity index (χ4n) is 3.51. The molecule has 180 valence electrons. The van der Waals surface area contributed by atoms with Crippen molar-refractivity contribution in [1.82, 2.24) is 31.1 Å². The first-order valence-corrected chi connectivity index (χ1v) is 9.79. The molecule has 2 unspecified atom stereocenters. The Labute approximate surface area is 188 Å². The number of pyridine rings is 1. The van der Waals surface area contributed by atoms with Gasteiger partial charge in [0.2, 0.25) is 5.66 Å². The molecule has 4 rings (SSSR count). The van der Waals surface area contributed by atoms with Gasteiger partial charge in [-0.25, -0.2) is 13.6 Å². The lowest BCUT2D eigenvalue weighted by Crippen LogP contribution is -2.55. The number of aliphatic hydroxyl groups is 1. The molecule has 0 saturated carbocycles. The van der Waals surface area contributed by atoms with Crippen LogP contribution in [-0.4, -0.2) is 44.2 Å². The van der Waals surface area contributed by atoms with Crippen LogP contribution in [0.1, 0.15) is 29.8 Å². The van der Waals surface area contributed by atoms with Crippen LogP contribution in [0.25, 0.3) is 10.8 Å². The molecular weight excluding hydrogens is 467 g/mol. The summed E-state index contributed by atoms with van der Waals surface area (Å²) in [5.41, 5.74) is 1.28. The predicted octanol–water partition coefficient (Wildman–Crippen LogP) is 2.95. The third kappa shape index (κ3) is 3.74. The maximum absolute atomic E-state index is 15.8. The van der Waals surface area contributed by atoms with E-state index in [9.17, 15) is 27.5 Å². The number of nitrogens with zero attached hydrogens (tertiary/aromatic N) is 4. The fourth-order valence-corrected chi connectivity index (χ4v) is 3.51. The van der Waals surface area contributed by atoms with Crippen molar-refractivity contribution in [3.63, 3.8) is 0 Å². The molecule has 1 aliphatic rings. The van der Waals surface area contributed by atoms with Gasteiger partial charge in [-0.1, -0.05) is 0 Å². The van der Waals surface area contributed by atoms with Gasteiger partial charge < -0.3 is 9.94 Å². The normalized spacial score (nSPS) is 19.4. The highest BCUT2D eigenvalue weighted by molar-refractivity contribution is 5.85. The molecule has 14 heteroatoms. The molecule has 3 aromatic rings. The van der Waals surface area contributed by atoms with E-state index >= 15 is 4.39 Å². The summed E-state index contributed by atoms with van der Waals surface area (Å²) in [4.78, 5) is 22.0. The highest BCUT2D eigenvalue weighted by Gasteiger charge is 2.53. The van der Waals surface area contributed by atoms with Crippen LogP contribution < -0.4 is 15.7 Å². The van der Waals surface area contributed by atoms with Crippen LogP contribution in [0.3, 0.4) is 0 Å². The summed E-state index contributed by atoms with van der Waals surface area (Å²) in [5, 5.41) is 17.1. The van der Waals surface area contributed by atoms with Gasteiger partial charge in [0.15, 0.2) is 11.6 Å². The highest BCUT2D eigenvalue weighted by atomic mass is 19.4. The number of fused-ring (bicyclic) bond motifs is 1. The first-order chi connectivity index (χ1) is 16.0. The largest absolute Gasteiger partial charge is 0.397 e. The Morgan fingerprint density at radius 2 is 2.00 bits per heavy atom. The summed E-state index contributed by atoms with van der Waals surface area (Å²) in [5.74, 6) is -4.03. The van der Waals surface area contributed by atoms with Crippen LogP contribution in [0.4, 0.5) is 26.7 Å². The van der Waals surface area contributed by atoms with E-state index in [0.717, 1.165) is 31.5 Å². The van der Waals surface area contributed by atoms with Crippen LogP contribution in [0.15, 0.2) is 30.6 Å². The zero-order valence-corrected chi connectivity index (χ0v) is 17.6. The molecule has 1 saturated heterocycles. The second-order valence-electron chi connectivity index (χ2n) is 7.61. The number of hydrogen-bond donors (Lipinski definition) is 3. The van der Waals surface area contributed by atoms with Crippen LogP contribution >= 0.6 is 0 Å². The maximum Gasteiger partial charge on any atom is 0.397 e. The minimum absolute atomic E-state index is 0.00322. The molecule has 1 fully saturated rings. The second-order valence-corrected chi connectivity index (χ2v) is 7.61. The molecule has 0 bridgehead atoms. The topological polar surface area (TPSA) is 112 Å². The van der Waals surface area contributed by atoms with E-state index in [1.807, 2.05) is 0 Å². The summed E-state index contributed by atoms with van der Waals surface area (Å²) < 4.78 is 69.4. The van der Waals surface area contributed by atoms with E-state index in [1.165, 1.54) is 13.0 Å². The second kappa shape index (κ2) is 8.29. The van der Waals surface area contributed by atoms with Crippen molar-refractivity contribution >= 4 is 16.8 Å². The lowest BCUT2D eigenvalue weighted by Gasteiger charge is -2.33. The quantitative estimate of drug-likeness (QED) is 0.478. The Morgan fingerprint density at radius 1 is 1.26 bits per heavy atom. The number of alkyl halides is 3. The van der Waals surface area contributed by atoms with E-state index in [-0.39, 0.29) is 16.7 Å². The van der Waals surface area contributed by atoms with Crippen molar-refractivity contribution in [3.8, 4) is 5.75 Å². The number of aryl methyl sites for hydroxylation is 1. The fraction of sp³-hybridized carbons (Fsp3) is 0.300. The molecule has 2 amide bonds. The summed E-state index contributed by atoms with van der Waals surface area (Å²) in [6.07, 6.45) is -2.67. The molecule has 2 aromatic heterocycles. The van der Waals surface area contributed by atoms with Crippen LogP contribution in [0.5, 0.6) is 5.75 Å². The number of hydrazine groups is 1. The highest BCUT2D eigenvalue weighted by Crippen LogP contribution is 2.39. The average molecular weight is 484 g/mol. The average Bonchev–Trinajstić information content (AvgIpc) is 3.10. The number of urea groups is 1. The Balaban J connectivity index is 1.88. The van der Waals surface area contributed by atoms with Crippen LogP contribution in [0.2, 0.25) is 0 Å². The molecule has 3 N–H and O–H groups in total. The number of carbonyl (C=O) groups is 1. The summed E-state index contributed by atoms with van der Waals surface area (Å²) in [6.45, 7) is 1.28. The standard InChI is InChI=1S/C20H17F5N6O3/c1-9-5-12(21)3-4-13(9)34-31-18(33)29-30-19(31,8-32)17-15(22)14-11(6-26-17)7-27-28-16(14)10(2)20(23,24)25/h3-7,10,30,32H,8H2,1-2H3,(H,29,33). The molecular formula is C20H17F5N6O3. The van der Waals surface area contributed by atoms with Gasteiger partial charge in [-0.05, 0) is 37.6 Å². The van der Waals surface area contributed by atoms with Crippen molar-refractivity contribution in [1.29, 1.82) is 0 Å². The van der Waals surface area contributed by atoms with E-state index in [1.54, 1.807) is 0 Å². The van der Waals surface area contributed by atoms with Gasteiger partial charge in [-0.3, -0.25) is 10.4 Å². The lowest BCUT2D eigenvalue weighted by atomic mass is 9.98. The number of carbonyl (C=O) groups excluding carboxylic acids is 1. The lowest BCUT2D eigenvalue weighted by molar-refractivity contribution is -0.146. The van der Waals surface area contributed by atoms with Gasteiger partial charge in [0.05, 0.1) is 24.4 Å². The molecule has 2 atom stereocenters. The van der Waals surface area contributed by atoms with Crippen molar-refractivity contribution in [2.24, 2.45) is 0 Å². The smallest absolute Gasteiger partial charge is 0.392 e. The number of benzene rings is 1. The number of rotatable bonds is 5. The van der Waals surface area contributed by atoms with Gasteiger partial charge >= 0.3 is 12.2 Å². The summed E-state index contributed by atoms with van der Waals surface area (Å²) in [6, 6.07) is 2.41. The number of hydrogen-bond acceptors (Lipinski definition) is 7. The van der Waals surface area contributed by atoms with E-state index in [4.69, 9.17) is 4.84 Å². The minimum atomic E-state index is -4.74. The van der Waals surface area contributed by atoms with Gasteiger partial charge in [-0.2, -0.15) is 28.8 Å². The third-order valence-corrected chi connectivity index (χ3v) is 5.42. The van der Waals surface area contributed by atoms with Crippen molar-refractivity contribution in [2.45, 2.75) is 31.6 Å². The van der Waals surface area contributed by atoms with Crippen LogP contribution in [-0.2, 0) is 5.66 Å². The molecule has 0 radical (unpaired) electrons. The first-order valence-electron chi connectivity index (χ1n) is 9.79. The molecule has 3 heterocycles. The predicted molar refractivity (Wildman–Crippen MR) is 106 cm³/mol. The third-order valence-electron chi connectivity index (χ3n) is 5.42. The number of amides is 2. The molecule has 9 nitrogen and oxygen atoms in total. The number of nitrogens with one attached hydrogen (secondary N) is 2. The first kappa shape index (κ1) is 23.5. The summed E-state index contributed by atoms with van der Waals surface area (Å²) >= 11 is 0. The molecule has 34 heavy (non-hydrogen) atoms. The van der Waals surface area contributed by atoms with Gasteiger partial charge in [0.25, 0.3) is 0 Å². The zero-order valence-electron chi connectivity index (χ0n) is 17.6. The molecule has 1 aromatic carbocycles. The molecule has 1 aliphatic heterocycles. The summed E-state index contributed by atoms with van der Waals surface area (Å²) in [7, 11) is 0. The molecule has 0 aliphatic carbocycles. The monoisotopic (exact) mass is 484 g/mol. The SMILES string of the molecule is Cc1cc(F)ccc1ON1C(=O)NNC1(CO)c1ncc2cnnc(C(C)C(F)(F)F)c2c1F. The van der Waals surface area contributed by atoms with Gasteiger partial charge in [-0.15, -0.1) is 5.06 Å². The molecule has 0 spiro atoms. The van der Waals surface area contributed by atoms with E-state index < -0.39 is 58.8 Å². The van der Waals surface area contributed by atoms with Crippen LogP contribution in [0, 0.1) is 18.6 Å². The number of aromatic nitrogens is 3. The van der Waals surface area contributed by atoms with E-state index in [2.05, 4.69) is 26.0 Å². The van der Waals surface area contributed by atoms with E-state index in [0.29, 0.717) is 5.06 Å². The van der Waals surface area contributed by atoms with Crippen molar-refractivity contribution in [2.75, 3.05) is 6.61 Å². The number of halogens is 5. The maximum atomic E-state index is 15.8. The zero-order chi connectivity index (χ0) is 24.8. The Kier molecular flexibility index (Phi) is 5.73. The van der Waals surface area contributed by atoms with Crippen molar-refractivity contribution in [3.05, 3.63) is 59.2 Å². The van der Waals surface area contributed by atoms with Gasteiger partial charge in [0, 0.05) is 17.0 Å². The Bertz CT molecular complexity index is 1270. The van der Waals surface area contributed by atoms with Crippen molar-refractivity contribution < 1.29 is 36.7 Å². The number of aliphatic hydroxyl groups excluding tert-OH is 1. The number of hydroxylamine groups is 2. The van der Waals surface area contributed by atoms with Gasteiger partial charge in [0.1, 0.15) is 11.5 Å². The minimum Gasteiger partial charge on any atom is -0.392 e. The Morgan fingerprint density at radius 3 is 2.65 bits per heavy atom. The Hall–Kier alpha value is -3.65.